The van der Waals surface area contributed by atoms with Gasteiger partial charge in [-0.3, -0.25) is 9.69 Å². The highest BCUT2D eigenvalue weighted by Gasteiger charge is 2.22. The van der Waals surface area contributed by atoms with Crippen molar-refractivity contribution in [2.45, 2.75) is 39.5 Å². The molecule has 6 nitrogen and oxygen atoms in total. The zero-order chi connectivity index (χ0) is 17.9. The molecule has 0 spiro atoms. The fourth-order valence-electron chi connectivity index (χ4n) is 1.87. The van der Waals surface area contributed by atoms with E-state index in [-0.39, 0.29) is 35.7 Å². The lowest BCUT2D eigenvalue weighted by molar-refractivity contribution is 0.0452. The summed E-state index contributed by atoms with van der Waals surface area (Å²) in [6, 6.07) is 2.45. The molecule has 1 aromatic rings. The molecule has 0 aliphatic carbocycles. The van der Waals surface area contributed by atoms with Gasteiger partial charge in [0.2, 0.25) is 0 Å². The lowest BCUT2D eigenvalue weighted by Gasteiger charge is -2.11. The number of benzene rings is 1. The van der Waals surface area contributed by atoms with Crippen molar-refractivity contribution in [3.05, 3.63) is 46.1 Å². The number of nitrogens with zero attached hydrogens (tertiary/aromatic N) is 2. The van der Waals surface area contributed by atoms with Crippen LogP contribution in [-0.4, -0.2) is 25.2 Å². The molecule has 0 radical (unpaired) electrons. The normalized spacial score (nSPS) is 9.67. The third-order valence-electron chi connectivity index (χ3n) is 3.26. The van der Waals surface area contributed by atoms with Gasteiger partial charge in [-0.05, 0) is 12.8 Å². The summed E-state index contributed by atoms with van der Waals surface area (Å²) in [6.45, 7) is 18.6. The Bertz CT molecular complexity index is 624. The Kier molecular flexibility index (Phi) is 8.01. The Morgan fingerprint density at radius 1 is 0.875 bits per heavy atom. The summed E-state index contributed by atoms with van der Waals surface area (Å²) in [5, 5.41) is 0. The van der Waals surface area contributed by atoms with Crippen LogP contribution in [0.1, 0.15) is 60.2 Å². The predicted octanol–water partition coefficient (Wildman–Crippen LogP) is 4.70. The summed E-state index contributed by atoms with van der Waals surface area (Å²) in [5.74, 6) is -1.38. The number of esters is 2. The van der Waals surface area contributed by atoms with Crippen molar-refractivity contribution in [1.82, 2.24) is 0 Å². The molecule has 1 rings (SSSR count). The standard InChI is InChI=1S/C18H20N2O4/c1-5-7-9-23-17(21)13-11-15(19-3)16(20-4)12-14(13)18(22)24-10-8-6-2/h11-12H,5-10H2,1-2H3. The minimum atomic E-state index is -0.688. The topological polar surface area (TPSA) is 61.3 Å². The lowest BCUT2D eigenvalue weighted by atomic mass is 10.0. The van der Waals surface area contributed by atoms with Gasteiger partial charge in [0.15, 0.2) is 11.4 Å². The second-order valence-electron chi connectivity index (χ2n) is 5.09. The van der Waals surface area contributed by atoms with E-state index < -0.39 is 11.9 Å². The Hall–Kier alpha value is -2.86. The van der Waals surface area contributed by atoms with Gasteiger partial charge in [0.1, 0.15) is 0 Å². The van der Waals surface area contributed by atoms with Crippen LogP contribution in [0, 0.1) is 13.1 Å². The second-order valence-corrected chi connectivity index (χ2v) is 5.09. The summed E-state index contributed by atoms with van der Waals surface area (Å²) in [7, 11) is 0. The molecule has 1 aromatic carbocycles. The molecule has 0 saturated carbocycles. The first-order chi connectivity index (χ1) is 11.6. The molecule has 0 saturated heterocycles. The maximum atomic E-state index is 12.2. The van der Waals surface area contributed by atoms with Crippen LogP contribution in [0.25, 0.3) is 9.69 Å². The van der Waals surface area contributed by atoms with E-state index >= 15 is 0 Å². The minimum Gasteiger partial charge on any atom is -0.462 e. The highest BCUT2D eigenvalue weighted by atomic mass is 16.5. The first-order valence-electron chi connectivity index (χ1n) is 7.86. The fraction of sp³-hybridized carbons (Fsp3) is 0.444. The quantitative estimate of drug-likeness (QED) is 0.394. The third-order valence-corrected chi connectivity index (χ3v) is 3.26. The maximum absolute atomic E-state index is 12.2. The molecule has 0 amide bonds. The lowest BCUT2D eigenvalue weighted by Crippen LogP contribution is -2.15. The fourth-order valence-corrected chi connectivity index (χ4v) is 1.87. The number of carbonyl (C=O) groups is 2. The molecule has 126 valence electrons. The first kappa shape index (κ1) is 19.2. The summed E-state index contributed by atoms with van der Waals surface area (Å²) in [5.41, 5.74) is -0.0490. The number of hydrogen-bond donors (Lipinski definition) is 0. The average Bonchev–Trinajstić information content (AvgIpc) is 2.60. The van der Waals surface area contributed by atoms with Crippen LogP contribution in [0.15, 0.2) is 12.1 Å². The van der Waals surface area contributed by atoms with Crippen LogP contribution in [0.5, 0.6) is 0 Å². The molecule has 0 heterocycles. The van der Waals surface area contributed by atoms with Gasteiger partial charge in [0, 0.05) is 0 Å². The molecule has 0 fully saturated rings. The zero-order valence-electron chi connectivity index (χ0n) is 13.9. The third kappa shape index (κ3) is 5.10. The van der Waals surface area contributed by atoms with E-state index in [1.165, 1.54) is 12.1 Å². The molecule has 0 bridgehead atoms. The summed E-state index contributed by atoms with van der Waals surface area (Å²) in [6.07, 6.45) is 3.14. The largest absolute Gasteiger partial charge is 0.462 e. The van der Waals surface area contributed by atoms with Crippen LogP contribution in [0.4, 0.5) is 11.4 Å². The van der Waals surface area contributed by atoms with E-state index in [0.717, 1.165) is 12.8 Å². The summed E-state index contributed by atoms with van der Waals surface area (Å²) >= 11 is 0. The van der Waals surface area contributed by atoms with E-state index in [2.05, 4.69) is 9.69 Å². The summed E-state index contributed by atoms with van der Waals surface area (Å²) < 4.78 is 10.3. The van der Waals surface area contributed by atoms with Gasteiger partial charge in [-0.1, -0.05) is 38.8 Å². The Morgan fingerprint density at radius 2 is 1.25 bits per heavy atom. The zero-order valence-corrected chi connectivity index (χ0v) is 13.9. The molecule has 0 atom stereocenters. The Morgan fingerprint density at radius 3 is 1.54 bits per heavy atom. The molecular formula is C18H20N2O4. The van der Waals surface area contributed by atoms with Gasteiger partial charge in [0.25, 0.3) is 0 Å². The molecule has 0 aromatic heterocycles. The number of carbonyl (C=O) groups excluding carboxylic acids is 2. The number of unbranched alkanes of at least 4 members (excludes halogenated alkanes) is 2. The first-order valence-corrected chi connectivity index (χ1v) is 7.86. The average molecular weight is 328 g/mol. The van der Waals surface area contributed by atoms with Gasteiger partial charge in [-0.15, -0.1) is 0 Å². The summed E-state index contributed by atoms with van der Waals surface area (Å²) in [4.78, 5) is 30.9. The van der Waals surface area contributed by atoms with Crippen molar-refractivity contribution in [1.29, 1.82) is 0 Å². The van der Waals surface area contributed by atoms with Crippen LogP contribution in [0.2, 0.25) is 0 Å². The van der Waals surface area contributed by atoms with Crippen molar-refractivity contribution in [2.75, 3.05) is 13.2 Å². The van der Waals surface area contributed by atoms with Crippen molar-refractivity contribution in [2.24, 2.45) is 0 Å². The van der Waals surface area contributed by atoms with Crippen molar-refractivity contribution >= 4 is 23.3 Å². The molecule has 6 heteroatoms. The van der Waals surface area contributed by atoms with E-state index in [9.17, 15) is 9.59 Å². The van der Waals surface area contributed by atoms with Gasteiger partial charge < -0.3 is 9.47 Å². The van der Waals surface area contributed by atoms with Crippen LogP contribution >= 0.6 is 0 Å². The van der Waals surface area contributed by atoms with E-state index in [0.29, 0.717) is 12.8 Å². The number of hydrogen-bond acceptors (Lipinski definition) is 4. The molecule has 0 aliphatic rings. The van der Waals surface area contributed by atoms with E-state index in [1.807, 2.05) is 13.8 Å². The van der Waals surface area contributed by atoms with E-state index in [4.69, 9.17) is 22.6 Å². The van der Waals surface area contributed by atoms with Gasteiger partial charge >= 0.3 is 11.9 Å². The predicted molar refractivity (Wildman–Crippen MR) is 89.3 cm³/mol. The Balaban J connectivity index is 3.18. The van der Waals surface area contributed by atoms with Crippen molar-refractivity contribution in [3.8, 4) is 0 Å². The molecule has 0 unspecified atom stereocenters. The van der Waals surface area contributed by atoms with Crippen molar-refractivity contribution in [3.63, 3.8) is 0 Å². The van der Waals surface area contributed by atoms with Gasteiger partial charge in [-0.2, -0.15) is 0 Å². The SMILES string of the molecule is [C-]#[N+]c1cc(C(=O)OCCCC)c(C(=O)OCCCC)cc1[N+]#[C-]. The Labute approximate surface area is 142 Å². The minimum absolute atomic E-state index is 0.0116. The highest BCUT2D eigenvalue weighted by Crippen LogP contribution is 2.32. The second kappa shape index (κ2) is 10.0. The molecular weight excluding hydrogens is 308 g/mol. The maximum Gasteiger partial charge on any atom is 0.337 e. The highest BCUT2D eigenvalue weighted by molar-refractivity contribution is 6.05. The van der Waals surface area contributed by atoms with Crippen LogP contribution < -0.4 is 0 Å². The number of ether oxygens (including phenoxy) is 2. The van der Waals surface area contributed by atoms with Gasteiger partial charge in [-0.25, -0.2) is 9.59 Å². The van der Waals surface area contributed by atoms with Crippen LogP contribution in [0.3, 0.4) is 0 Å². The van der Waals surface area contributed by atoms with E-state index in [1.54, 1.807) is 0 Å². The monoisotopic (exact) mass is 328 g/mol. The molecule has 24 heavy (non-hydrogen) atoms. The smallest absolute Gasteiger partial charge is 0.337 e. The molecule has 0 aliphatic heterocycles. The number of rotatable bonds is 8. The van der Waals surface area contributed by atoms with Gasteiger partial charge in [0.05, 0.1) is 37.5 Å². The van der Waals surface area contributed by atoms with Crippen LogP contribution in [-0.2, 0) is 9.47 Å². The molecule has 0 N–H and O–H groups in total. The van der Waals surface area contributed by atoms with Crippen molar-refractivity contribution < 1.29 is 19.1 Å².